The van der Waals surface area contributed by atoms with Crippen LogP contribution in [0, 0.1) is 0 Å². The second-order valence-electron chi connectivity index (χ2n) is 7.32. The van der Waals surface area contributed by atoms with Gasteiger partial charge >= 0.3 is 18.0 Å². The molecule has 1 heterocycles. The molecule has 1 aliphatic heterocycles. The fourth-order valence-corrected chi connectivity index (χ4v) is 4.39. The van der Waals surface area contributed by atoms with Gasteiger partial charge in [0, 0.05) is 30.5 Å². The monoisotopic (exact) mass is 412 g/mol. The summed E-state index contributed by atoms with van der Waals surface area (Å²) in [6.45, 7) is 1.11. The van der Waals surface area contributed by atoms with Gasteiger partial charge in [-0.15, -0.1) is 0 Å². The molecular formula is C18H19F7N2O. The van der Waals surface area contributed by atoms with Crippen LogP contribution in [0.15, 0.2) is 18.2 Å². The van der Waals surface area contributed by atoms with Gasteiger partial charge < -0.3 is 5.73 Å². The normalized spacial score (nSPS) is 23.4. The molecule has 1 aromatic rings. The highest BCUT2D eigenvalue weighted by Crippen LogP contribution is 2.54. The molecule has 1 aromatic carbocycles. The van der Waals surface area contributed by atoms with Crippen molar-refractivity contribution in [1.29, 1.82) is 0 Å². The molecule has 10 heteroatoms. The topological polar surface area (TPSA) is 46.3 Å². The first-order valence-electron chi connectivity index (χ1n) is 8.84. The smallest absolute Gasteiger partial charge is 0.370 e. The van der Waals surface area contributed by atoms with Crippen molar-refractivity contribution in [2.45, 2.75) is 55.7 Å². The number of likely N-dealkylation sites (tertiary alicyclic amines) is 1. The highest BCUT2D eigenvalue weighted by molar-refractivity contribution is 5.73. The van der Waals surface area contributed by atoms with Crippen molar-refractivity contribution in [3.8, 4) is 0 Å². The number of fused-ring (bicyclic) bond motifs is 3. The molecular weight excluding hydrogens is 393 g/mol. The van der Waals surface area contributed by atoms with Gasteiger partial charge in [0.25, 0.3) is 0 Å². The van der Waals surface area contributed by atoms with Gasteiger partial charge in [-0.1, -0.05) is 18.2 Å². The molecule has 2 aliphatic rings. The van der Waals surface area contributed by atoms with Gasteiger partial charge in [-0.2, -0.15) is 26.3 Å². The summed E-state index contributed by atoms with van der Waals surface area (Å²) in [7, 11) is 0. The van der Waals surface area contributed by atoms with Crippen LogP contribution in [0.4, 0.5) is 30.7 Å². The number of amides is 1. The third-order valence-electron chi connectivity index (χ3n) is 5.74. The van der Waals surface area contributed by atoms with Crippen LogP contribution in [0.2, 0.25) is 0 Å². The van der Waals surface area contributed by atoms with E-state index in [2.05, 4.69) is 4.90 Å². The zero-order valence-electron chi connectivity index (χ0n) is 14.7. The van der Waals surface area contributed by atoms with Crippen LogP contribution in [0.1, 0.15) is 41.9 Å². The maximum absolute atomic E-state index is 14.3. The number of hydrogen-bond acceptors (Lipinski definition) is 2. The van der Waals surface area contributed by atoms with Gasteiger partial charge in [0.1, 0.15) is 0 Å². The fourth-order valence-electron chi connectivity index (χ4n) is 4.39. The van der Waals surface area contributed by atoms with E-state index in [1.54, 1.807) is 0 Å². The molecule has 0 radical (unpaired) electrons. The van der Waals surface area contributed by atoms with Crippen molar-refractivity contribution >= 4 is 5.91 Å². The van der Waals surface area contributed by atoms with E-state index in [0.717, 1.165) is 0 Å². The van der Waals surface area contributed by atoms with Crippen molar-refractivity contribution in [1.82, 2.24) is 4.90 Å². The molecule has 28 heavy (non-hydrogen) atoms. The number of benzene rings is 1. The summed E-state index contributed by atoms with van der Waals surface area (Å²) in [6, 6.07) is 2.52. The zero-order valence-corrected chi connectivity index (χ0v) is 14.7. The quantitative estimate of drug-likeness (QED) is 0.762. The second-order valence-corrected chi connectivity index (χ2v) is 7.32. The van der Waals surface area contributed by atoms with E-state index in [4.69, 9.17) is 5.73 Å². The predicted molar refractivity (Wildman–Crippen MR) is 86.2 cm³/mol. The average molecular weight is 412 g/mol. The van der Waals surface area contributed by atoms with Gasteiger partial charge in [0.05, 0.1) is 0 Å². The number of nitrogens with zero attached hydrogens (tertiary/aromatic N) is 1. The first-order valence-corrected chi connectivity index (χ1v) is 8.84. The maximum Gasteiger partial charge on any atom is 0.435 e. The van der Waals surface area contributed by atoms with Crippen LogP contribution in [0.3, 0.4) is 0 Å². The van der Waals surface area contributed by atoms with E-state index in [9.17, 15) is 35.5 Å². The van der Waals surface area contributed by atoms with E-state index in [-0.39, 0.29) is 24.8 Å². The van der Waals surface area contributed by atoms with E-state index in [1.165, 1.54) is 6.07 Å². The zero-order chi connectivity index (χ0) is 20.9. The lowest BCUT2D eigenvalue weighted by Gasteiger charge is -2.35. The van der Waals surface area contributed by atoms with E-state index in [1.807, 2.05) is 0 Å². The van der Waals surface area contributed by atoms with Gasteiger partial charge in [-0.05, 0) is 36.9 Å². The number of carbonyl (C=O) groups excluding carboxylic acids is 1. The fraction of sp³-hybridized carbons (Fsp3) is 0.611. The number of halogens is 7. The van der Waals surface area contributed by atoms with E-state index in [0.29, 0.717) is 49.2 Å². The van der Waals surface area contributed by atoms with Crippen molar-refractivity contribution in [2.75, 3.05) is 13.1 Å². The number of carbonyl (C=O) groups is 1. The third-order valence-corrected chi connectivity index (χ3v) is 5.74. The standard InChI is InChI=1S/C18H19F7N2O/c19-16(17(20,21)22,18(23,24)25)11-2-3-12-10(9-11)1-4-14-13(12)5-7-27(14)8-6-15(26)28/h2-3,9,13-14H,1,4-8H2,(H2,26,28). The predicted octanol–water partition coefficient (Wildman–Crippen LogP) is 3.96. The number of rotatable bonds is 4. The number of primary amides is 1. The summed E-state index contributed by atoms with van der Waals surface area (Å²) in [4.78, 5) is 13.1. The molecule has 156 valence electrons. The largest absolute Gasteiger partial charge is 0.435 e. The molecule has 0 aromatic heterocycles. The first-order chi connectivity index (χ1) is 12.9. The van der Waals surface area contributed by atoms with E-state index >= 15 is 0 Å². The van der Waals surface area contributed by atoms with Crippen LogP contribution in [-0.4, -0.2) is 42.3 Å². The van der Waals surface area contributed by atoms with Crippen molar-refractivity contribution in [2.24, 2.45) is 5.73 Å². The lowest BCUT2D eigenvalue weighted by Crippen LogP contribution is -2.50. The maximum atomic E-state index is 14.3. The minimum absolute atomic E-state index is 0.0399. The molecule has 2 unspecified atom stereocenters. The molecule has 2 N–H and O–H groups in total. The SMILES string of the molecule is NC(=O)CCN1CCC2c3ccc(C(F)(C(F)(F)F)C(F)(F)F)cc3CCC21. The molecule has 3 nitrogen and oxygen atoms in total. The Bertz CT molecular complexity index is 745. The lowest BCUT2D eigenvalue weighted by molar-refractivity contribution is -0.348. The molecule has 1 saturated heterocycles. The van der Waals surface area contributed by atoms with Crippen LogP contribution in [-0.2, 0) is 16.9 Å². The molecule has 3 rings (SSSR count). The summed E-state index contributed by atoms with van der Waals surface area (Å²) in [6.07, 6.45) is -10.6. The Morgan fingerprint density at radius 1 is 1.07 bits per heavy atom. The van der Waals surface area contributed by atoms with Gasteiger partial charge in [-0.25, -0.2) is 4.39 Å². The average Bonchev–Trinajstić information content (AvgIpc) is 3.00. The minimum atomic E-state index is -6.12. The molecule has 0 saturated carbocycles. The Labute approximate surface area is 156 Å². The van der Waals surface area contributed by atoms with Crippen molar-refractivity contribution in [3.63, 3.8) is 0 Å². The van der Waals surface area contributed by atoms with Crippen molar-refractivity contribution < 1.29 is 35.5 Å². The molecule has 1 fully saturated rings. The minimum Gasteiger partial charge on any atom is -0.370 e. The third kappa shape index (κ3) is 3.35. The summed E-state index contributed by atoms with van der Waals surface area (Å²) in [5.41, 5.74) is -0.729. The Hall–Kier alpha value is -1.84. The molecule has 0 bridgehead atoms. The van der Waals surface area contributed by atoms with Crippen LogP contribution in [0.25, 0.3) is 0 Å². The van der Waals surface area contributed by atoms with Crippen LogP contribution < -0.4 is 5.73 Å². The first kappa shape index (κ1) is 20.9. The lowest BCUT2D eigenvalue weighted by atomic mass is 9.77. The molecule has 1 amide bonds. The van der Waals surface area contributed by atoms with Gasteiger partial charge in [0.2, 0.25) is 5.91 Å². The van der Waals surface area contributed by atoms with Gasteiger partial charge in [0.15, 0.2) is 0 Å². The van der Waals surface area contributed by atoms with Gasteiger partial charge in [-0.3, -0.25) is 9.69 Å². The summed E-state index contributed by atoms with van der Waals surface area (Å²) in [5, 5.41) is 0. The van der Waals surface area contributed by atoms with E-state index < -0.39 is 29.5 Å². The number of aryl methyl sites for hydroxylation is 1. The summed E-state index contributed by atoms with van der Waals surface area (Å²) in [5.74, 6) is -0.514. The second kappa shape index (κ2) is 6.89. The summed E-state index contributed by atoms with van der Waals surface area (Å²) >= 11 is 0. The Morgan fingerprint density at radius 2 is 1.71 bits per heavy atom. The molecule has 2 atom stereocenters. The Kier molecular flexibility index (Phi) is 5.14. The highest BCUT2D eigenvalue weighted by Gasteiger charge is 2.73. The highest BCUT2D eigenvalue weighted by atomic mass is 19.4. The molecule has 1 aliphatic carbocycles. The summed E-state index contributed by atoms with van der Waals surface area (Å²) < 4.78 is 92.3. The Morgan fingerprint density at radius 3 is 2.29 bits per heavy atom. The Balaban J connectivity index is 1.91. The van der Waals surface area contributed by atoms with Crippen molar-refractivity contribution in [3.05, 3.63) is 34.9 Å². The number of nitrogens with two attached hydrogens (primary N) is 1. The van der Waals surface area contributed by atoms with Crippen LogP contribution >= 0.6 is 0 Å². The number of alkyl halides is 7. The number of hydrogen-bond donors (Lipinski definition) is 1. The molecule has 0 spiro atoms. The van der Waals surface area contributed by atoms with Crippen LogP contribution in [0.5, 0.6) is 0 Å².